The predicted molar refractivity (Wildman–Crippen MR) is 65.5 cm³/mol. The Kier molecular flexibility index (Phi) is 2.46. The molecule has 3 nitrogen and oxygen atoms in total. The van der Waals surface area contributed by atoms with E-state index in [0.717, 1.165) is 28.8 Å². The molecule has 86 valence electrons. The zero-order valence-corrected chi connectivity index (χ0v) is 10.3. The van der Waals surface area contributed by atoms with E-state index in [-0.39, 0.29) is 5.78 Å². The van der Waals surface area contributed by atoms with Crippen LogP contribution >= 0.6 is 11.3 Å². The van der Waals surface area contributed by atoms with E-state index in [9.17, 15) is 4.79 Å². The lowest BCUT2D eigenvalue weighted by Gasteiger charge is -2.12. The third kappa shape index (κ3) is 1.75. The molecule has 1 aliphatic carbocycles. The minimum absolute atomic E-state index is 0.185. The third-order valence-corrected chi connectivity index (χ3v) is 4.54. The van der Waals surface area contributed by atoms with Crippen LogP contribution in [0.3, 0.4) is 0 Å². The minimum atomic E-state index is 0.185. The quantitative estimate of drug-likeness (QED) is 0.757. The molecule has 2 fully saturated rings. The van der Waals surface area contributed by atoms with Gasteiger partial charge >= 0.3 is 0 Å². The van der Waals surface area contributed by atoms with Crippen LogP contribution < -0.4 is 4.90 Å². The summed E-state index contributed by atoms with van der Waals surface area (Å²) in [4.78, 5) is 19.5. The Morgan fingerprint density at radius 1 is 1.38 bits per heavy atom. The van der Waals surface area contributed by atoms with E-state index in [1.54, 1.807) is 18.3 Å². The number of Topliss-reactive ketones (excluding diaryl/α,β-unsaturated/α-hetero) is 1. The Hall–Kier alpha value is -0.900. The Morgan fingerprint density at radius 3 is 2.62 bits per heavy atom. The Bertz CT molecular complexity index is 417. The van der Waals surface area contributed by atoms with Gasteiger partial charge in [0.25, 0.3) is 0 Å². The predicted octanol–water partition coefficient (Wildman–Crippen LogP) is 2.82. The first-order chi connectivity index (χ1) is 7.75. The van der Waals surface area contributed by atoms with E-state index in [4.69, 9.17) is 4.98 Å². The van der Waals surface area contributed by atoms with Gasteiger partial charge in [-0.25, -0.2) is 4.98 Å². The number of thiazole rings is 1. The maximum Gasteiger partial charge on any atom is 0.186 e. The van der Waals surface area contributed by atoms with E-state index in [0.29, 0.717) is 5.92 Å². The smallest absolute Gasteiger partial charge is 0.186 e. The molecule has 1 aliphatic heterocycles. The van der Waals surface area contributed by atoms with E-state index >= 15 is 0 Å². The molecule has 0 N–H and O–H groups in total. The fraction of sp³-hybridized carbons (Fsp3) is 0.667. The molecule has 1 saturated heterocycles. The monoisotopic (exact) mass is 236 g/mol. The number of aromatic nitrogens is 1. The fourth-order valence-electron chi connectivity index (χ4n) is 2.25. The van der Waals surface area contributed by atoms with Gasteiger partial charge in [-0.2, -0.15) is 0 Å². The SMILES string of the molecule is CC(=O)c1sc(N2CCCC2)nc1C1CC1. The highest BCUT2D eigenvalue weighted by atomic mass is 32.1. The van der Waals surface area contributed by atoms with Crippen molar-refractivity contribution in [2.45, 2.75) is 38.5 Å². The number of nitrogens with zero attached hydrogens (tertiary/aromatic N) is 2. The van der Waals surface area contributed by atoms with E-state index < -0.39 is 0 Å². The largest absolute Gasteiger partial charge is 0.348 e. The molecule has 0 atom stereocenters. The van der Waals surface area contributed by atoms with Gasteiger partial charge < -0.3 is 4.90 Å². The maximum absolute atomic E-state index is 11.6. The van der Waals surface area contributed by atoms with Crippen LogP contribution in [0.2, 0.25) is 0 Å². The molecule has 2 aliphatic rings. The molecule has 0 bridgehead atoms. The molecule has 1 saturated carbocycles. The first-order valence-corrected chi connectivity index (χ1v) is 6.84. The van der Waals surface area contributed by atoms with Crippen LogP contribution in [0.25, 0.3) is 0 Å². The molecule has 0 radical (unpaired) electrons. The summed E-state index contributed by atoms with van der Waals surface area (Å²) in [7, 11) is 0. The first-order valence-electron chi connectivity index (χ1n) is 6.02. The highest BCUT2D eigenvalue weighted by Gasteiger charge is 2.32. The summed E-state index contributed by atoms with van der Waals surface area (Å²) < 4.78 is 0. The normalized spacial score (nSPS) is 20.4. The van der Waals surface area contributed by atoms with E-state index in [1.165, 1.54) is 25.7 Å². The summed E-state index contributed by atoms with van der Waals surface area (Å²) in [6, 6.07) is 0. The van der Waals surface area contributed by atoms with Crippen LogP contribution in [-0.2, 0) is 0 Å². The number of carbonyl (C=O) groups excluding carboxylic acids is 1. The second-order valence-electron chi connectivity index (χ2n) is 4.74. The summed E-state index contributed by atoms with van der Waals surface area (Å²) in [5.74, 6) is 0.761. The van der Waals surface area contributed by atoms with E-state index in [2.05, 4.69) is 4.90 Å². The lowest BCUT2D eigenvalue weighted by Crippen LogP contribution is -2.17. The van der Waals surface area contributed by atoms with Crippen molar-refractivity contribution in [3.05, 3.63) is 10.6 Å². The second kappa shape index (κ2) is 3.84. The Labute approximate surface area is 99.5 Å². The molecule has 1 aromatic rings. The summed E-state index contributed by atoms with van der Waals surface area (Å²) >= 11 is 1.60. The van der Waals surface area contributed by atoms with Crippen molar-refractivity contribution < 1.29 is 4.79 Å². The van der Waals surface area contributed by atoms with Gasteiger partial charge in [-0.05, 0) is 25.7 Å². The second-order valence-corrected chi connectivity index (χ2v) is 5.71. The number of carbonyl (C=O) groups is 1. The summed E-state index contributed by atoms with van der Waals surface area (Å²) in [5.41, 5.74) is 1.08. The van der Waals surface area contributed by atoms with Gasteiger partial charge in [0.15, 0.2) is 10.9 Å². The lowest BCUT2D eigenvalue weighted by atomic mass is 10.2. The average molecular weight is 236 g/mol. The molecular formula is C12H16N2OS. The van der Waals surface area contributed by atoms with Crippen LogP contribution in [0.1, 0.15) is 53.9 Å². The highest BCUT2D eigenvalue weighted by molar-refractivity contribution is 7.17. The minimum Gasteiger partial charge on any atom is -0.348 e. The van der Waals surface area contributed by atoms with Crippen molar-refractivity contribution in [3.63, 3.8) is 0 Å². The van der Waals surface area contributed by atoms with Crippen molar-refractivity contribution in [1.82, 2.24) is 4.98 Å². The van der Waals surface area contributed by atoms with Crippen LogP contribution in [0.4, 0.5) is 5.13 Å². The Morgan fingerprint density at radius 2 is 2.06 bits per heavy atom. The van der Waals surface area contributed by atoms with Gasteiger partial charge in [0.2, 0.25) is 0 Å². The summed E-state index contributed by atoms with van der Waals surface area (Å²) in [6.07, 6.45) is 4.94. The molecule has 0 amide bonds. The fourth-order valence-corrected chi connectivity index (χ4v) is 3.35. The number of anilines is 1. The standard InChI is InChI=1S/C12H16N2OS/c1-8(15)11-10(9-4-5-9)13-12(16-11)14-6-2-3-7-14/h9H,2-7H2,1H3. The van der Waals surface area contributed by atoms with Crippen molar-refractivity contribution >= 4 is 22.3 Å². The van der Waals surface area contributed by atoms with Crippen molar-refractivity contribution in [2.75, 3.05) is 18.0 Å². The third-order valence-electron chi connectivity index (χ3n) is 3.30. The molecule has 1 aromatic heterocycles. The van der Waals surface area contributed by atoms with Crippen molar-refractivity contribution in [2.24, 2.45) is 0 Å². The molecule has 4 heteroatoms. The van der Waals surface area contributed by atoms with Crippen LogP contribution in [0, 0.1) is 0 Å². The first kappa shape index (κ1) is 10.3. The molecular weight excluding hydrogens is 220 g/mol. The maximum atomic E-state index is 11.6. The van der Waals surface area contributed by atoms with Crippen LogP contribution in [-0.4, -0.2) is 23.9 Å². The Balaban J connectivity index is 1.94. The number of hydrogen-bond acceptors (Lipinski definition) is 4. The molecule has 16 heavy (non-hydrogen) atoms. The van der Waals surface area contributed by atoms with Crippen molar-refractivity contribution in [1.29, 1.82) is 0 Å². The number of rotatable bonds is 3. The van der Waals surface area contributed by atoms with Gasteiger partial charge in [-0.1, -0.05) is 11.3 Å². The molecule has 0 spiro atoms. The van der Waals surface area contributed by atoms with Crippen molar-refractivity contribution in [3.8, 4) is 0 Å². The zero-order valence-electron chi connectivity index (χ0n) is 9.53. The van der Waals surface area contributed by atoms with Gasteiger partial charge in [-0.15, -0.1) is 0 Å². The highest BCUT2D eigenvalue weighted by Crippen LogP contribution is 2.44. The summed E-state index contributed by atoms with van der Waals surface area (Å²) in [5, 5.41) is 1.07. The molecule has 0 aromatic carbocycles. The van der Waals surface area contributed by atoms with Gasteiger partial charge in [0.1, 0.15) is 0 Å². The van der Waals surface area contributed by atoms with Crippen LogP contribution in [0.5, 0.6) is 0 Å². The van der Waals surface area contributed by atoms with E-state index in [1.807, 2.05) is 0 Å². The lowest BCUT2D eigenvalue weighted by molar-refractivity contribution is 0.102. The topological polar surface area (TPSA) is 33.2 Å². The van der Waals surface area contributed by atoms with Crippen LogP contribution in [0.15, 0.2) is 0 Å². The van der Waals surface area contributed by atoms with Gasteiger partial charge in [0.05, 0.1) is 10.6 Å². The molecule has 2 heterocycles. The molecule has 3 rings (SSSR count). The number of hydrogen-bond donors (Lipinski definition) is 0. The zero-order chi connectivity index (χ0) is 11.1. The van der Waals surface area contributed by atoms with Gasteiger partial charge in [-0.3, -0.25) is 4.79 Å². The summed E-state index contributed by atoms with van der Waals surface area (Å²) in [6.45, 7) is 3.87. The number of ketones is 1. The average Bonchev–Trinajstić information content (AvgIpc) is 2.83. The molecule has 0 unspecified atom stereocenters. The van der Waals surface area contributed by atoms with Gasteiger partial charge in [0, 0.05) is 25.9 Å².